The molecule has 4 N–H and O–H groups in total. The van der Waals surface area contributed by atoms with Gasteiger partial charge in [0.1, 0.15) is 30.2 Å². The van der Waals surface area contributed by atoms with E-state index in [4.69, 9.17) is 29.8 Å². The molecule has 0 spiro atoms. The summed E-state index contributed by atoms with van der Waals surface area (Å²) >= 11 is 0. The summed E-state index contributed by atoms with van der Waals surface area (Å²) in [6.07, 6.45) is -0.348. The number of nitrogen functional groups attached to an aromatic ring is 1. The Kier molecular flexibility index (Phi) is 4.57. The van der Waals surface area contributed by atoms with Gasteiger partial charge in [0.2, 0.25) is 0 Å². The average molecular weight is 411 g/mol. The Bertz CT molecular complexity index is 940. The number of hydrogen-bond acceptors (Lipinski definition) is 9. The topological polar surface area (TPSA) is 136 Å². The summed E-state index contributed by atoms with van der Waals surface area (Å²) in [6.45, 7) is 8.01. The molecule has 2 aromatic heterocycles. The molecule has 4 rings (SSSR count). The molecule has 2 saturated heterocycles. The molecule has 0 aliphatic carbocycles. The zero-order valence-corrected chi connectivity index (χ0v) is 17.3. The van der Waals surface area contributed by atoms with E-state index in [9.17, 15) is 4.57 Å². The van der Waals surface area contributed by atoms with Crippen LogP contribution in [-0.4, -0.2) is 45.6 Å². The first-order valence-corrected chi connectivity index (χ1v) is 10.6. The molecular formula is C17H26N5O5P. The number of aromatic nitrogens is 3. The number of ether oxygens (including phenoxy) is 1. The van der Waals surface area contributed by atoms with Gasteiger partial charge in [-0.05, 0) is 24.5 Å². The van der Waals surface area contributed by atoms with Crippen LogP contribution in [0.15, 0.2) is 18.5 Å². The van der Waals surface area contributed by atoms with Crippen LogP contribution in [0.2, 0.25) is 0 Å². The van der Waals surface area contributed by atoms with E-state index in [-0.39, 0.29) is 18.6 Å². The lowest BCUT2D eigenvalue weighted by Crippen LogP contribution is -2.53. The minimum Gasteiger partial charge on any atom is -0.382 e. The van der Waals surface area contributed by atoms with Crippen LogP contribution in [0, 0.1) is 5.41 Å². The first kappa shape index (κ1) is 19.8. The van der Waals surface area contributed by atoms with Crippen molar-refractivity contribution in [2.75, 3.05) is 18.9 Å². The van der Waals surface area contributed by atoms with Crippen molar-refractivity contribution in [2.45, 2.75) is 51.5 Å². The van der Waals surface area contributed by atoms with Gasteiger partial charge in [-0.3, -0.25) is 13.6 Å². The maximum absolute atomic E-state index is 12.9. The van der Waals surface area contributed by atoms with Crippen molar-refractivity contribution in [3.8, 4) is 0 Å². The molecule has 2 aliphatic rings. The molecule has 0 unspecified atom stereocenters. The standard InChI is InChI=1S/C17H26N5O5P/c1-16(2,3)8-25-28(23)24-7-12-14(27-28)17(4,19)13(26-12)10-5-6-11-15(18)20-9-21-22(10)11/h5-6,9,12-14H,7-8,19H2,1-4H3,(H2,18,20,21)/t12-,13+,14-,17+,28-/m1/s1. The summed E-state index contributed by atoms with van der Waals surface area (Å²) in [4.78, 5) is 3.99. The molecule has 11 heteroatoms. The van der Waals surface area contributed by atoms with Gasteiger partial charge in [-0.15, -0.1) is 0 Å². The van der Waals surface area contributed by atoms with E-state index in [0.717, 1.165) is 0 Å². The first-order valence-electron chi connectivity index (χ1n) is 9.10. The van der Waals surface area contributed by atoms with Crippen LogP contribution < -0.4 is 11.5 Å². The zero-order chi connectivity index (χ0) is 20.3. The second-order valence-corrected chi connectivity index (χ2v) is 10.3. The minimum atomic E-state index is -3.73. The zero-order valence-electron chi connectivity index (χ0n) is 16.4. The van der Waals surface area contributed by atoms with E-state index < -0.39 is 31.7 Å². The molecule has 0 bridgehead atoms. The fourth-order valence-electron chi connectivity index (χ4n) is 3.49. The van der Waals surface area contributed by atoms with Crippen molar-refractivity contribution in [3.63, 3.8) is 0 Å². The highest BCUT2D eigenvalue weighted by Crippen LogP contribution is 2.59. The first-order chi connectivity index (χ1) is 13.0. The molecule has 0 aromatic carbocycles. The van der Waals surface area contributed by atoms with Gasteiger partial charge >= 0.3 is 7.82 Å². The van der Waals surface area contributed by atoms with Crippen LogP contribution in [0.5, 0.6) is 0 Å². The van der Waals surface area contributed by atoms with Gasteiger partial charge in [-0.2, -0.15) is 5.10 Å². The number of hydrogen-bond donors (Lipinski definition) is 2. The van der Waals surface area contributed by atoms with Gasteiger partial charge in [0.15, 0.2) is 5.82 Å². The van der Waals surface area contributed by atoms with Gasteiger partial charge in [0, 0.05) is 0 Å². The predicted molar refractivity (Wildman–Crippen MR) is 101 cm³/mol. The van der Waals surface area contributed by atoms with Crippen molar-refractivity contribution < 1.29 is 22.9 Å². The Balaban J connectivity index is 1.61. The highest BCUT2D eigenvalue weighted by Gasteiger charge is 2.59. The Morgan fingerprint density at radius 1 is 1.43 bits per heavy atom. The normalized spacial score (nSPS) is 36.0. The van der Waals surface area contributed by atoms with Gasteiger partial charge in [0.25, 0.3) is 0 Å². The van der Waals surface area contributed by atoms with E-state index in [2.05, 4.69) is 10.1 Å². The molecule has 28 heavy (non-hydrogen) atoms. The summed E-state index contributed by atoms with van der Waals surface area (Å²) in [6, 6.07) is 3.64. The predicted octanol–water partition coefficient (Wildman–Crippen LogP) is 2.05. The van der Waals surface area contributed by atoms with E-state index in [0.29, 0.717) is 17.0 Å². The molecule has 2 aromatic rings. The summed E-state index contributed by atoms with van der Waals surface area (Å²) < 4.78 is 37.4. The van der Waals surface area contributed by atoms with E-state index in [1.807, 2.05) is 26.8 Å². The third-order valence-corrected chi connectivity index (χ3v) is 6.30. The SMILES string of the molecule is CC(C)(C)CO[P@@]1(=O)OC[C@H]2O[C@@H](c3ccc4c(N)ncnn34)[C@](C)(N)[C@@H]2O1. The largest absolute Gasteiger partial charge is 0.475 e. The van der Waals surface area contributed by atoms with Crippen molar-refractivity contribution in [1.29, 1.82) is 0 Å². The number of fused-ring (bicyclic) bond motifs is 2. The quantitative estimate of drug-likeness (QED) is 0.727. The Hall–Kier alpha value is -1.55. The Morgan fingerprint density at radius 2 is 2.18 bits per heavy atom. The van der Waals surface area contributed by atoms with Crippen LogP contribution in [0.1, 0.15) is 39.5 Å². The summed E-state index contributed by atoms with van der Waals surface area (Å²) in [7, 11) is -3.73. The molecule has 4 heterocycles. The molecule has 154 valence electrons. The van der Waals surface area contributed by atoms with Gasteiger partial charge in [-0.25, -0.2) is 14.1 Å². The fraction of sp³-hybridized carbons (Fsp3) is 0.647. The van der Waals surface area contributed by atoms with E-state index in [1.165, 1.54) is 6.33 Å². The van der Waals surface area contributed by atoms with Crippen molar-refractivity contribution in [3.05, 3.63) is 24.2 Å². The molecule has 0 amide bonds. The molecule has 5 atom stereocenters. The van der Waals surface area contributed by atoms with Crippen molar-refractivity contribution in [1.82, 2.24) is 14.6 Å². The van der Waals surface area contributed by atoms with Gasteiger partial charge in [-0.1, -0.05) is 20.8 Å². The lowest BCUT2D eigenvalue weighted by molar-refractivity contribution is -0.0630. The molecule has 2 fully saturated rings. The monoisotopic (exact) mass is 411 g/mol. The maximum Gasteiger partial charge on any atom is 0.475 e. The maximum atomic E-state index is 12.9. The second-order valence-electron chi connectivity index (χ2n) is 8.72. The second kappa shape index (κ2) is 6.48. The molecule has 2 aliphatic heterocycles. The van der Waals surface area contributed by atoms with Crippen LogP contribution >= 0.6 is 7.82 Å². The molecule has 0 radical (unpaired) electrons. The third kappa shape index (κ3) is 3.34. The van der Waals surface area contributed by atoms with Gasteiger partial charge in [0.05, 0.1) is 24.4 Å². The Morgan fingerprint density at radius 3 is 2.89 bits per heavy atom. The summed E-state index contributed by atoms with van der Waals surface area (Å²) in [5, 5.41) is 4.25. The number of nitrogens with zero attached hydrogens (tertiary/aromatic N) is 3. The average Bonchev–Trinajstić information content (AvgIpc) is 3.13. The van der Waals surface area contributed by atoms with E-state index in [1.54, 1.807) is 17.5 Å². The number of anilines is 1. The molecule has 10 nitrogen and oxygen atoms in total. The van der Waals surface area contributed by atoms with Crippen molar-refractivity contribution >= 4 is 19.2 Å². The lowest BCUT2D eigenvalue weighted by Gasteiger charge is -2.36. The molecular weight excluding hydrogens is 385 g/mol. The highest BCUT2D eigenvalue weighted by molar-refractivity contribution is 7.48. The number of nitrogens with two attached hydrogens (primary N) is 2. The number of rotatable bonds is 3. The fourth-order valence-corrected chi connectivity index (χ4v) is 5.20. The van der Waals surface area contributed by atoms with Crippen molar-refractivity contribution in [2.24, 2.45) is 11.1 Å². The smallest absolute Gasteiger partial charge is 0.382 e. The number of phosphoric acid groups is 1. The lowest BCUT2D eigenvalue weighted by atomic mass is 9.88. The van der Waals surface area contributed by atoms with E-state index >= 15 is 0 Å². The summed E-state index contributed by atoms with van der Waals surface area (Å²) in [5.74, 6) is 0.357. The van der Waals surface area contributed by atoms with Crippen LogP contribution in [0.25, 0.3) is 5.52 Å². The minimum absolute atomic E-state index is 0.0653. The third-order valence-electron chi connectivity index (χ3n) is 4.90. The number of phosphoric ester groups is 1. The highest BCUT2D eigenvalue weighted by atomic mass is 31.2. The Labute approximate surface area is 163 Å². The van der Waals surface area contributed by atoms with Crippen LogP contribution in [-0.2, 0) is 22.9 Å². The summed E-state index contributed by atoms with van der Waals surface area (Å²) in [5.41, 5.74) is 12.7. The van der Waals surface area contributed by atoms with Crippen LogP contribution in [0.4, 0.5) is 5.82 Å². The van der Waals surface area contributed by atoms with Gasteiger partial charge < -0.3 is 16.2 Å². The molecule has 0 saturated carbocycles. The van der Waals surface area contributed by atoms with Crippen LogP contribution in [0.3, 0.4) is 0 Å².